The summed E-state index contributed by atoms with van der Waals surface area (Å²) in [5.41, 5.74) is 7.78. The van der Waals surface area contributed by atoms with Crippen LogP contribution in [-0.2, 0) is 0 Å². The van der Waals surface area contributed by atoms with E-state index in [2.05, 4.69) is 10.3 Å². The predicted octanol–water partition coefficient (Wildman–Crippen LogP) is 4.38. The molecule has 0 unspecified atom stereocenters. The topological polar surface area (TPSA) is 115 Å². The van der Waals surface area contributed by atoms with Gasteiger partial charge in [0.1, 0.15) is 28.5 Å². The molecule has 0 spiro atoms. The Bertz CT molecular complexity index is 1250. The van der Waals surface area contributed by atoms with Crippen LogP contribution >= 0.6 is 11.6 Å². The van der Waals surface area contributed by atoms with E-state index in [0.29, 0.717) is 54.1 Å². The van der Waals surface area contributed by atoms with E-state index >= 15 is 4.39 Å². The van der Waals surface area contributed by atoms with Crippen LogP contribution in [0.4, 0.5) is 10.2 Å². The van der Waals surface area contributed by atoms with Crippen LogP contribution in [0.15, 0.2) is 18.5 Å². The van der Waals surface area contributed by atoms with Gasteiger partial charge in [-0.25, -0.2) is 14.4 Å². The molecule has 4 rings (SSSR count). The van der Waals surface area contributed by atoms with Gasteiger partial charge in [0.15, 0.2) is 5.82 Å². The molecular formula is C25H31ClFN5O3. The van der Waals surface area contributed by atoms with Crippen molar-refractivity contribution in [3.8, 4) is 5.75 Å². The van der Waals surface area contributed by atoms with Gasteiger partial charge in [0.05, 0.1) is 22.9 Å². The summed E-state index contributed by atoms with van der Waals surface area (Å²) in [6.07, 6.45) is 5.07. The van der Waals surface area contributed by atoms with Crippen LogP contribution in [0.25, 0.3) is 5.52 Å². The minimum Gasteiger partial charge on any atom is -0.490 e. The molecule has 0 aliphatic heterocycles. The Balaban J connectivity index is 1.81. The van der Waals surface area contributed by atoms with Crippen molar-refractivity contribution in [2.75, 3.05) is 5.73 Å². The van der Waals surface area contributed by atoms with Gasteiger partial charge in [-0.15, -0.1) is 0 Å². The number of ether oxygens (including phenoxy) is 1. The van der Waals surface area contributed by atoms with Gasteiger partial charge >= 0.3 is 0 Å². The molecule has 1 saturated carbocycles. The van der Waals surface area contributed by atoms with Crippen molar-refractivity contribution in [3.63, 3.8) is 0 Å². The zero-order valence-electron chi connectivity index (χ0n) is 20.3. The molecule has 10 heteroatoms. The summed E-state index contributed by atoms with van der Waals surface area (Å²) in [7, 11) is 0. The minimum atomic E-state index is -0.829. The normalized spacial score (nSPS) is 19.2. The number of aromatic nitrogens is 3. The van der Waals surface area contributed by atoms with Crippen molar-refractivity contribution in [2.24, 2.45) is 0 Å². The number of imidazole rings is 1. The third kappa shape index (κ3) is 4.92. The first-order valence-corrected chi connectivity index (χ1v) is 12.2. The summed E-state index contributed by atoms with van der Waals surface area (Å²) in [6, 6.07) is 1.33. The molecule has 1 aromatic carbocycles. The largest absolute Gasteiger partial charge is 0.490 e. The van der Waals surface area contributed by atoms with Crippen LogP contribution in [-0.4, -0.2) is 43.6 Å². The maximum atomic E-state index is 15.4. The molecule has 1 atom stereocenters. The molecule has 0 bridgehead atoms. The number of carbonyl (C=O) groups is 1. The predicted molar refractivity (Wildman–Crippen MR) is 133 cm³/mol. The maximum absolute atomic E-state index is 15.4. The number of halogens is 2. The summed E-state index contributed by atoms with van der Waals surface area (Å²) in [5, 5.41) is 12.5. The number of rotatable bonds is 6. The number of aliphatic hydroxyl groups excluding tert-OH is 1. The van der Waals surface area contributed by atoms with Crippen LogP contribution in [0.3, 0.4) is 0 Å². The Hall–Kier alpha value is -2.91. The third-order valence-electron chi connectivity index (χ3n) is 6.45. The second-order valence-corrected chi connectivity index (χ2v) is 9.83. The number of nitrogens with zero attached hydrogens (tertiary/aromatic N) is 3. The van der Waals surface area contributed by atoms with E-state index in [0.717, 1.165) is 0 Å². The molecule has 35 heavy (non-hydrogen) atoms. The highest BCUT2D eigenvalue weighted by molar-refractivity contribution is 6.31. The minimum absolute atomic E-state index is 0.138. The van der Waals surface area contributed by atoms with Gasteiger partial charge < -0.3 is 20.9 Å². The highest BCUT2D eigenvalue weighted by Crippen LogP contribution is 2.40. The fourth-order valence-electron chi connectivity index (χ4n) is 4.71. The van der Waals surface area contributed by atoms with Gasteiger partial charge in [0.2, 0.25) is 0 Å². The molecule has 3 aromatic rings. The standard InChI is InChI=1S/C25H31ClFN5O3/c1-12(2)35-22-17(13(3)24-30-14(4)21-23(28)29-9-10-32(21)24)11-18(26)20(27)19(22)25(34)31-15-5-7-16(33)8-6-15/h9-13,15-16,33H,5-8H2,1-4H3,(H2,28,29)(H,31,34)/t13-,15-,16-/m0/s1. The van der Waals surface area contributed by atoms with Crippen LogP contribution in [0.1, 0.15) is 79.8 Å². The van der Waals surface area contributed by atoms with Crippen LogP contribution in [0, 0.1) is 12.7 Å². The number of aliphatic hydroxyl groups is 1. The number of aryl methyl sites for hydroxylation is 1. The van der Waals surface area contributed by atoms with Gasteiger partial charge in [0.25, 0.3) is 5.91 Å². The summed E-state index contributed by atoms with van der Waals surface area (Å²) in [4.78, 5) is 22.2. The van der Waals surface area contributed by atoms with Crippen molar-refractivity contribution in [2.45, 2.75) is 77.5 Å². The molecule has 0 radical (unpaired) electrons. The molecule has 8 nitrogen and oxygen atoms in total. The quantitative estimate of drug-likeness (QED) is 0.459. The van der Waals surface area contributed by atoms with Gasteiger partial charge in [-0.2, -0.15) is 0 Å². The first-order valence-electron chi connectivity index (χ1n) is 11.8. The van der Waals surface area contributed by atoms with Crippen molar-refractivity contribution >= 4 is 28.8 Å². The lowest BCUT2D eigenvalue weighted by molar-refractivity contribution is 0.0858. The van der Waals surface area contributed by atoms with Crippen molar-refractivity contribution in [3.05, 3.63) is 51.9 Å². The fraction of sp³-hybridized carbons (Fsp3) is 0.480. The molecule has 4 N–H and O–H groups in total. The van der Waals surface area contributed by atoms with Crippen LogP contribution in [0.2, 0.25) is 5.02 Å². The van der Waals surface area contributed by atoms with Gasteiger partial charge in [-0.1, -0.05) is 18.5 Å². The third-order valence-corrected chi connectivity index (χ3v) is 6.73. The molecule has 2 heterocycles. The first kappa shape index (κ1) is 25.2. The average Bonchev–Trinajstić information content (AvgIpc) is 3.14. The molecular weight excluding hydrogens is 473 g/mol. The Morgan fingerprint density at radius 1 is 1.31 bits per heavy atom. The van der Waals surface area contributed by atoms with Crippen molar-refractivity contribution < 1.29 is 19.0 Å². The molecule has 1 amide bonds. The molecule has 1 fully saturated rings. The number of benzene rings is 1. The van der Waals surface area contributed by atoms with Crippen molar-refractivity contribution in [1.82, 2.24) is 19.7 Å². The van der Waals surface area contributed by atoms with Crippen LogP contribution in [0.5, 0.6) is 5.75 Å². The van der Waals surface area contributed by atoms with E-state index in [4.69, 9.17) is 27.1 Å². The highest BCUT2D eigenvalue weighted by atomic mass is 35.5. The second-order valence-electron chi connectivity index (χ2n) is 9.42. The Labute approximate surface area is 208 Å². The zero-order chi connectivity index (χ0) is 25.4. The number of hydrogen-bond acceptors (Lipinski definition) is 6. The fourth-order valence-corrected chi connectivity index (χ4v) is 4.92. The summed E-state index contributed by atoms with van der Waals surface area (Å²) in [6.45, 7) is 7.36. The number of nitrogens with two attached hydrogens (primary N) is 1. The number of nitrogens with one attached hydrogen (secondary N) is 1. The van der Waals surface area contributed by atoms with Crippen molar-refractivity contribution in [1.29, 1.82) is 0 Å². The molecule has 188 valence electrons. The van der Waals surface area contributed by atoms with E-state index in [1.54, 1.807) is 12.4 Å². The molecule has 1 aliphatic rings. The summed E-state index contributed by atoms with van der Waals surface area (Å²) < 4.78 is 23.3. The van der Waals surface area contributed by atoms with E-state index < -0.39 is 17.6 Å². The molecule has 0 saturated heterocycles. The van der Waals surface area contributed by atoms with Gasteiger partial charge in [-0.3, -0.25) is 9.20 Å². The smallest absolute Gasteiger partial charge is 0.258 e. The maximum Gasteiger partial charge on any atom is 0.258 e. The number of carbonyl (C=O) groups excluding carboxylic acids is 1. The Morgan fingerprint density at radius 2 is 2.00 bits per heavy atom. The van der Waals surface area contributed by atoms with E-state index in [9.17, 15) is 9.90 Å². The number of fused-ring (bicyclic) bond motifs is 1. The lowest BCUT2D eigenvalue weighted by atomic mass is 9.92. The van der Waals surface area contributed by atoms with E-state index in [1.165, 1.54) is 6.07 Å². The Morgan fingerprint density at radius 3 is 2.66 bits per heavy atom. The van der Waals surface area contributed by atoms with Gasteiger partial charge in [0, 0.05) is 29.9 Å². The lowest BCUT2D eigenvalue weighted by Gasteiger charge is -2.27. The monoisotopic (exact) mass is 503 g/mol. The van der Waals surface area contributed by atoms with E-state index in [-0.39, 0.29) is 34.6 Å². The average molecular weight is 504 g/mol. The number of hydrogen-bond donors (Lipinski definition) is 3. The lowest BCUT2D eigenvalue weighted by Crippen LogP contribution is -2.39. The summed E-state index contributed by atoms with van der Waals surface area (Å²) >= 11 is 6.31. The number of nitrogen functional groups attached to an aromatic ring is 1. The van der Waals surface area contributed by atoms with Crippen LogP contribution < -0.4 is 15.8 Å². The van der Waals surface area contributed by atoms with E-state index in [1.807, 2.05) is 32.1 Å². The first-order chi connectivity index (χ1) is 16.6. The number of amides is 1. The molecule has 1 aliphatic carbocycles. The Kier molecular flexibility index (Phi) is 7.19. The number of anilines is 1. The SMILES string of the molecule is Cc1nc([C@@H](C)c2cc(Cl)c(F)c(C(=O)N[C@H]3CC[C@H](O)CC3)c2OC(C)C)n2ccnc(N)c12. The zero-order valence-corrected chi connectivity index (χ0v) is 21.1. The summed E-state index contributed by atoms with van der Waals surface area (Å²) in [5.74, 6) is -0.711. The second kappa shape index (κ2) is 9.99. The van der Waals surface area contributed by atoms with Gasteiger partial charge in [-0.05, 0) is 52.5 Å². The molecule has 2 aromatic heterocycles. The highest BCUT2D eigenvalue weighted by Gasteiger charge is 2.31.